The zero-order valence-electron chi connectivity index (χ0n) is 12.5. The first-order valence-electron chi connectivity index (χ1n) is 7.93. The number of nitrogens with zero attached hydrogens (tertiary/aromatic N) is 4. The zero-order valence-corrected chi connectivity index (χ0v) is 13.2. The monoisotopic (exact) mass is 333 g/mol. The van der Waals surface area contributed by atoms with Crippen molar-refractivity contribution in [3.05, 3.63) is 21.8 Å². The number of rotatable bonds is 1. The standard InChI is InChI=1S/C15H16ClN5O2/c16-13-12-11-10(5-17-13)14(19-15(22)21(11)3-4-23-12)20-6-8-1-2-9(7-20)18-8/h5,8-9,18H,1-4,6-7H2. The summed E-state index contributed by atoms with van der Waals surface area (Å²) in [5, 5.41) is 4.73. The van der Waals surface area contributed by atoms with E-state index in [1.165, 1.54) is 12.8 Å². The first-order valence-corrected chi connectivity index (χ1v) is 8.31. The molecule has 2 atom stereocenters. The molecular formula is C15H16ClN5O2. The maximum atomic E-state index is 12.5. The highest BCUT2D eigenvalue weighted by Gasteiger charge is 2.34. The van der Waals surface area contributed by atoms with Crippen molar-refractivity contribution in [1.29, 1.82) is 0 Å². The fourth-order valence-electron chi connectivity index (χ4n) is 3.98. The number of piperazine rings is 1. The Kier molecular flexibility index (Phi) is 2.84. The van der Waals surface area contributed by atoms with Crippen LogP contribution in [-0.2, 0) is 6.54 Å². The summed E-state index contributed by atoms with van der Waals surface area (Å²) >= 11 is 6.16. The highest BCUT2D eigenvalue weighted by Crippen LogP contribution is 2.37. The minimum Gasteiger partial charge on any atom is -0.486 e. The van der Waals surface area contributed by atoms with E-state index in [0.717, 1.165) is 24.0 Å². The van der Waals surface area contributed by atoms with E-state index in [-0.39, 0.29) is 5.69 Å². The summed E-state index contributed by atoms with van der Waals surface area (Å²) < 4.78 is 7.31. The molecule has 0 aromatic carbocycles. The third-order valence-electron chi connectivity index (χ3n) is 4.99. The molecule has 2 fully saturated rings. The molecule has 2 saturated heterocycles. The smallest absolute Gasteiger partial charge is 0.350 e. The van der Waals surface area contributed by atoms with E-state index in [2.05, 4.69) is 20.2 Å². The van der Waals surface area contributed by atoms with Crippen LogP contribution >= 0.6 is 11.6 Å². The fourth-order valence-corrected chi connectivity index (χ4v) is 4.18. The summed E-state index contributed by atoms with van der Waals surface area (Å²) in [6.07, 6.45) is 4.06. The van der Waals surface area contributed by atoms with Gasteiger partial charge in [-0.25, -0.2) is 9.78 Å². The first-order chi connectivity index (χ1) is 11.2. The molecule has 0 spiro atoms. The van der Waals surface area contributed by atoms with Gasteiger partial charge in [-0.2, -0.15) is 4.98 Å². The Hall–Kier alpha value is -1.86. The lowest BCUT2D eigenvalue weighted by Crippen LogP contribution is -2.52. The molecule has 7 nitrogen and oxygen atoms in total. The molecular weight excluding hydrogens is 318 g/mol. The van der Waals surface area contributed by atoms with Crippen LogP contribution in [-0.4, -0.2) is 46.3 Å². The van der Waals surface area contributed by atoms with Gasteiger partial charge in [0.1, 0.15) is 17.9 Å². The van der Waals surface area contributed by atoms with E-state index >= 15 is 0 Å². The molecule has 5 rings (SSSR count). The molecule has 2 unspecified atom stereocenters. The average molecular weight is 334 g/mol. The number of fused-ring (bicyclic) bond motifs is 2. The minimum absolute atomic E-state index is 0.245. The van der Waals surface area contributed by atoms with Crippen molar-refractivity contribution in [2.75, 3.05) is 24.6 Å². The van der Waals surface area contributed by atoms with Crippen LogP contribution in [0.2, 0.25) is 5.15 Å². The van der Waals surface area contributed by atoms with Crippen molar-refractivity contribution < 1.29 is 4.74 Å². The summed E-state index contributed by atoms with van der Waals surface area (Å²) in [7, 11) is 0. The molecule has 2 aromatic heterocycles. The second kappa shape index (κ2) is 4.82. The highest BCUT2D eigenvalue weighted by molar-refractivity contribution is 6.32. The minimum atomic E-state index is -0.245. The van der Waals surface area contributed by atoms with Crippen molar-refractivity contribution >= 4 is 28.3 Å². The molecule has 0 aliphatic carbocycles. The molecule has 0 radical (unpaired) electrons. The van der Waals surface area contributed by atoms with E-state index in [9.17, 15) is 4.79 Å². The Morgan fingerprint density at radius 3 is 2.87 bits per heavy atom. The number of anilines is 1. The quantitative estimate of drug-likeness (QED) is 0.778. The zero-order chi connectivity index (χ0) is 15.6. The van der Waals surface area contributed by atoms with E-state index in [1.807, 2.05) is 0 Å². The summed E-state index contributed by atoms with van der Waals surface area (Å²) in [4.78, 5) is 23.3. The Balaban J connectivity index is 1.74. The van der Waals surface area contributed by atoms with Crippen LogP contribution in [0.1, 0.15) is 12.8 Å². The molecule has 2 bridgehead atoms. The van der Waals surface area contributed by atoms with Crippen LogP contribution in [0.4, 0.5) is 5.82 Å². The number of pyridine rings is 1. The van der Waals surface area contributed by atoms with Gasteiger partial charge in [0.15, 0.2) is 10.9 Å². The van der Waals surface area contributed by atoms with Crippen molar-refractivity contribution in [2.45, 2.75) is 31.5 Å². The largest absolute Gasteiger partial charge is 0.486 e. The Morgan fingerprint density at radius 1 is 1.30 bits per heavy atom. The SMILES string of the molecule is O=c1nc(N2CC3CCC(C2)N3)c2cnc(Cl)c3c2n1CCO3. The van der Waals surface area contributed by atoms with Gasteiger partial charge in [0.25, 0.3) is 0 Å². The summed E-state index contributed by atoms with van der Waals surface area (Å²) in [5.74, 6) is 1.20. The Bertz CT molecular complexity index is 855. The summed E-state index contributed by atoms with van der Waals surface area (Å²) in [6.45, 7) is 2.62. The number of aromatic nitrogens is 3. The number of hydrogen-bond donors (Lipinski definition) is 1. The molecule has 5 heterocycles. The predicted molar refractivity (Wildman–Crippen MR) is 86.5 cm³/mol. The van der Waals surface area contributed by atoms with Crippen LogP contribution in [0.5, 0.6) is 5.75 Å². The molecule has 0 amide bonds. The molecule has 8 heteroatoms. The Morgan fingerprint density at radius 2 is 2.09 bits per heavy atom. The van der Waals surface area contributed by atoms with Crippen LogP contribution in [0, 0.1) is 0 Å². The maximum Gasteiger partial charge on any atom is 0.350 e. The predicted octanol–water partition coefficient (Wildman–Crippen LogP) is 0.778. The third-order valence-corrected chi connectivity index (χ3v) is 5.25. The molecule has 23 heavy (non-hydrogen) atoms. The van der Waals surface area contributed by atoms with Gasteiger partial charge in [0, 0.05) is 31.4 Å². The van der Waals surface area contributed by atoms with Crippen molar-refractivity contribution in [1.82, 2.24) is 19.9 Å². The normalized spacial score (nSPS) is 25.7. The maximum absolute atomic E-state index is 12.5. The highest BCUT2D eigenvalue weighted by atomic mass is 35.5. The van der Waals surface area contributed by atoms with E-state index in [4.69, 9.17) is 16.3 Å². The molecule has 120 valence electrons. The lowest BCUT2D eigenvalue weighted by molar-refractivity contribution is 0.282. The molecule has 3 aliphatic rings. The summed E-state index contributed by atoms with van der Waals surface area (Å²) in [5.41, 5.74) is 0.474. The third kappa shape index (κ3) is 1.96. The van der Waals surface area contributed by atoms with Crippen molar-refractivity contribution in [3.63, 3.8) is 0 Å². The average Bonchev–Trinajstić information content (AvgIpc) is 2.91. The van der Waals surface area contributed by atoms with E-state index in [1.54, 1.807) is 10.8 Å². The van der Waals surface area contributed by atoms with Crippen LogP contribution in [0.15, 0.2) is 11.0 Å². The van der Waals surface area contributed by atoms with Crippen molar-refractivity contribution in [3.8, 4) is 5.75 Å². The fraction of sp³-hybridized carbons (Fsp3) is 0.533. The molecule has 3 aliphatic heterocycles. The second-order valence-electron chi connectivity index (χ2n) is 6.40. The van der Waals surface area contributed by atoms with Crippen molar-refractivity contribution in [2.24, 2.45) is 0 Å². The van der Waals surface area contributed by atoms with Gasteiger partial charge in [-0.05, 0) is 12.8 Å². The van der Waals surface area contributed by atoms with Gasteiger partial charge >= 0.3 is 5.69 Å². The van der Waals surface area contributed by atoms with E-state index in [0.29, 0.717) is 42.0 Å². The molecule has 1 N–H and O–H groups in total. The van der Waals surface area contributed by atoms with Gasteiger partial charge in [0.05, 0.1) is 11.9 Å². The molecule has 0 saturated carbocycles. The van der Waals surface area contributed by atoms with Crippen LogP contribution < -0.4 is 20.6 Å². The Labute approximate surface area is 137 Å². The topological polar surface area (TPSA) is 72.3 Å². The number of halogens is 1. The van der Waals surface area contributed by atoms with Gasteiger partial charge in [-0.3, -0.25) is 4.57 Å². The van der Waals surface area contributed by atoms with E-state index < -0.39 is 0 Å². The number of ether oxygens (including phenoxy) is 1. The lowest BCUT2D eigenvalue weighted by atomic mass is 10.2. The van der Waals surface area contributed by atoms with Gasteiger partial charge in [-0.15, -0.1) is 0 Å². The first kappa shape index (κ1) is 13.6. The number of nitrogens with one attached hydrogen (secondary N) is 1. The second-order valence-corrected chi connectivity index (χ2v) is 6.76. The van der Waals surface area contributed by atoms with Crippen LogP contribution in [0.3, 0.4) is 0 Å². The summed E-state index contributed by atoms with van der Waals surface area (Å²) in [6, 6.07) is 0.939. The lowest BCUT2D eigenvalue weighted by Gasteiger charge is -2.34. The number of hydrogen-bond acceptors (Lipinski definition) is 6. The van der Waals surface area contributed by atoms with Gasteiger partial charge in [-0.1, -0.05) is 11.6 Å². The molecule has 2 aromatic rings. The van der Waals surface area contributed by atoms with Crippen LogP contribution in [0.25, 0.3) is 10.9 Å². The van der Waals surface area contributed by atoms with Gasteiger partial charge in [0.2, 0.25) is 0 Å². The van der Waals surface area contributed by atoms with Gasteiger partial charge < -0.3 is 15.0 Å².